The number of aryl methyl sites for hydroxylation is 1. The summed E-state index contributed by atoms with van der Waals surface area (Å²) < 4.78 is 5.52. The van der Waals surface area contributed by atoms with Crippen LogP contribution in [-0.2, 0) is 16.0 Å². The monoisotopic (exact) mass is 305 g/mol. The first-order chi connectivity index (χ1) is 10.6. The van der Waals surface area contributed by atoms with E-state index in [0.29, 0.717) is 32.4 Å². The molecule has 1 aliphatic heterocycles. The fraction of sp³-hybridized carbons (Fsp3) is 0.529. The molecule has 0 aliphatic carbocycles. The molecule has 2 rings (SSSR count). The molecule has 120 valence electrons. The molecule has 0 unspecified atom stereocenters. The molecule has 0 spiro atoms. The molecule has 1 aromatic rings. The molecule has 22 heavy (non-hydrogen) atoms. The molecule has 1 amide bonds. The number of ether oxygens (including phenoxy) is 1. The zero-order chi connectivity index (χ0) is 15.9. The van der Waals surface area contributed by atoms with Crippen molar-refractivity contribution in [2.24, 2.45) is 0 Å². The first kappa shape index (κ1) is 16.3. The number of nitrogens with zero attached hydrogens (tertiary/aromatic N) is 1. The average Bonchev–Trinajstić information content (AvgIpc) is 3.01. The van der Waals surface area contributed by atoms with E-state index in [2.05, 4.69) is 6.92 Å². The van der Waals surface area contributed by atoms with Gasteiger partial charge in [-0.2, -0.15) is 0 Å². The molecule has 0 saturated carbocycles. The third-order valence-corrected chi connectivity index (χ3v) is 3.88. The van der Waals surface area contributed by atoms with Crippen LogP contribution in [0.2, 0.25) is 0 Å². The second-order valence-corrected chi connectivity index (χ2v) is 5.58. The van der Waals surface area contributed by atoms with Crippen molar-refractivity contribution < 1.29 is 19.4 Å². The second kappa shape index (κ2) is 7.82. The molecule has 1 saturated heterocycles. The van der Waals surface area contributed by atoms with Crippen LogP contribution >= 0.6 is 0 Å². The van der Waals surface area contributed by atoms with Crippen LogP contribution in [0, 0.1) is 0 Å². The maximum Gasteiger partial charge on any atom is 0.326 e. The number of likely N-dealkylation sites (tertiary alicyclic amines) is 1. The Labute approximate surface area is 130 Å². The van der Waals surface area contributed by atoms with Gasteiger partial charge in [-0.15, -0.1) is 0 Å². The summed E-state index contributed by atoms with van der Waals surface area (Å²) in [4.78, 5) is 24.8. The Morgan fingerprint density at radius 2 is 2.05 bits per heavy atom. The van der Waals surface area contributed by atoms with Crippen LogP contribution in [0.3, 0.4) is 0 Å². The zero-order valence-electron chi connectivity index (χ0n) is 13.0. The fourth-order valence-corrected chi connectivity index (χ4v) is 2.69. The molecule has 5 nitrogen and oxygen atoms in total. The van der Waals surface area contributed by atoms with Crippen molar-refractivity contribution in [2.75, 3.05) is 13.2 Å². The van der Waals surface area contributed by atoms with Crippen molar-refractivity contribution in [1.82, 2.24) is 4.90 Å². The van der Waals surface area contributed by atoms with Gasteiger partial charge in [-0.05, 0) is 43.4 Å². The highest BCUT2D eigenvalue weighted by atomic mass is 16.5. The number of hydrogen-bond acceptors (Lipinski definition) is 3. The SMILES string of the molecule is CCCOc1ccc(CCC(=O)N2CCC[C@@H]2C(=O)O)cc1. The molecule has 1 N–H and O–H groups in total. The van der Waals surface area contributed by atoms with Crippen LogP contribution in [0.4, 0.5) is 0 Å². The van der Waals surface area contributed by atoms with E-state index in [-0.39, 0.29) is 5.91 Å². The van der Waals surface area contributed by atoms with Crippen LogP contribution in [-0.4, -0.2) is 41.1 Å². The second-order valence-electron chi connectivity index (χ2n) is 5.58. The Balaban J connectivity index is 1.84. The summed E-state index contributed by atoms with van der Waals surface area (Å²) in [5, 5.41) is 9.11. The average molecular weight is 305 g/mol. The number of carbonyl (C=O) groups excluding carboxylic acids is 1. The highest BCUT2D eigenvalue weighted by Gasteiger charge is 2.33. The quantitative estimate of drug-likeness (QED) is 0.840. The molecular formula is C17H23NO4. The number of amides is 1. The molecule has 0 aromatic heterocycles. The summed E-state index contributed by atoms with van der Waals surface area (Å²) >= 11 is 0. The minimum absolute atomic E-state index is 0.0730. The lowest BCUT2D eigenvalue weighted by atomic mass is 10.1. The van der Waals surface area contributed by atoms with Crippen molar-refractivity contribution in [3.8, 4) is 5.75 Å². The number of aliphatic carboxylic acids is 1. The van der Waals surface area contributed by atoms with E-state index < -0.39 is 12.0 Å². The molecule has 0 radical (unpaired) electrons. The largest absolute Gasteiger partial charge is 0.494 e. The van der Waals surface area contributed by atoms with Gasteiger partial charge >= 0.3 is 5.97 Å². The number of rotatable bonds is 7. The standard InChI is InChI=1S/C17H23NO4/c1-2-12-22-14-8-5-13(6-9-14)7-10-16(19)18-11-3-4-15(18)17(20)21/h5-6,8-9,15H,2-4,7,10-12H2,1H3,(H,20,21)/t15-/m1/s1. The summed E-state index contributed by atoms with van der Waals surface area (Å²) in [5.41, 5.74) is 1.06. The van der Waals surface area contributed by atoms with Gasteiger partial charge in [0.2, 0.25) is 5.91 Å². The first-order valence-corrected chi connectivity index (χ1v) is 7.86. The van der Waals surface area contributed by atoms with Crippen molar-refractivity contribution in [3.05, 3.63) is 29.8 Å². The van der Waals surface area contributed by atoms with Crippen molar-refractivity contribution in [1.29, 1.82) is 0 Å². The fourth-order valence-electron chi connectivity index (χ4n) is 2.69. The van der Waals surface area contributed by atoms with Gasteiger partial charge in [0.15, 0.2) is 0 Å². The van der Waals surface area contributed by atoms with E-state index in [1.807, 2.05) is 24.3 Å². The summed E-state index contributed by atoms with van der Waals surface area (Å²) in [6.45, 7) is 3.31. The summed E-state index contributed by atoms with van der Waals surface area (Å²) in [5.74, 6) is -0.137. The van der Waals surface area contributed by atoms with E-state index in [0.717, 1.165) is 24.2 Å². The van der Waals surface area contributed by atoms with Gasteiger partial charge in [0.25, 0.3) is 0 Å². The van der Waals surface area contributed by atoms with E-state index >= 15 is 0 Å². The van der Waals surface area contributed by atoms with Crippen molar-refractivity contribution in [2.45, 2.75) is 45.1 Å². The van der Waals surface area contributed by atoms with Gasteiger partial charge < -0.3 is 14.7 Å². The molecule has 5 heteroatoms. The first-order valence-electron chi connectivity index (χ1n) is 7.86. The minimum Gasteiger partial charge on any atom is -0.494 e. The highest BCUT2D eigenvalue weighted by molar-refractivity contribution is 5.84. The van der Waals surface area contributed by atoms with Crippen molar-refractivity contribution in [3.63, 3.8) is 0 Å². The van der Waals surface area contributed by atoms with E-state index in [1.165, 1.54) is 4.90 Å². The Hall–Kier alpha value is -2.04. The molecule has 1 atom stereocenters. The summed E-state index contributed by atoms with van der Waals surface area (Å²) in [6.07, 6.45) is 3.27. The highest BCUT2D eigenvalue weighted by Crippen LogP contribution is 2.20. The third kappa shape index (κ3) is 4.23. The zero-order valence-corrected chi connectivity index (χ0v) is 13.0. The van der Waals surface area contributed by atoms with Crippen LogP contribution in [0.15, 0.2) is 24.3 Å². The van der Waals surface area contributed by atoms with Crippen LogP contribution < -0.4 is 4.74 Å². The van der Waals surface area contributed by atoms with E-state index in [4.69, 9.17) is 9.84 Å². The lowest BCUT2D eigenvalue weighted by Gasteiger charge is -2.21. The number of carboxylic acids is 1. The Kier molecular flexibility index (Phi) is 5.81. The van der Waals surface area contributed by atoms with E-state index in [9.17, 15) is 9.59 Å². The molecular weight excluding hydrogens is 282 g/mol. The van der Waals surface area contributed by atoms with Crippen LogP contribution in [0.1, 0.15) is 38.2 Å². The molecule has 1 aromatic carbocycles. The van der Waals surface area contributed by atoms with Crippen LogP contribution in [0.25, 0.3) is 0 Å². The number of carbonyl (C=O) groups is 2. The predicted molar refractivity (Wildman–Crippen MR) is 82.9 cm³/mol. The van der Waals surface area contributed by atoms with Gasteiger partial charge in [-0.25, -0.2) is 4.79 Å². The summed E-state index contributed by atoms with van der Waals surface area (Å²) in [6, 6.07) is 7.09. The van der Waals surface area contributed by atoms with Gasteiger partial charge in [0, 0.05) is 13.0 Å². The van der Waals surface area contributed by atoms with E-state index in [1.54, 1.807) is 0 Å². The molecule has 1 aliphatic rings. The lowest BCUT2D eigenvalue weighted by Crippen LogP contribution is -2.40. The lowest BCUT2D eigenvalue weighted by molar-refractivity contribution is -0.148. The van der Waals surface area contributed by atoms with Gasteiger partial charge in [-0.3, -0.25) is 4.79 Å². The molecule has 1 heterocycles. The van der Waals surface area contributed by atoms with Gasteiger partial charge in [0.1, 0.15) is 11.8 Å². The third-order valence-electron chi connectivity index (χ3n) is 3.88. The predicted octanol–water partition coefficient (Wildman–Crippen LogP) is 2.48. The van der Waals surface area contributed by atoms with Gasteiger partial charge in [-0.1, -0.05) is 19.1 Å². The van der Waals surface area contributed by atoms with Crippen molar-refractivity contribution >= 4 is 11.9 Å². The Morgan fingerprint density at radius 3 is 2.68 bits per heavy atom. The summed E-state index contributed by atoms with van der Waals surface area (Å²) in [7, 11) is 0. The van der Waals surface area contributed by atoms with Crippen LogP contribution in [0.5, 0.6) is 5.75 Å². The van der Waals surface area contributed by atoms with Gasteiger partial charge in [0.05, 0.1) is 6.61 Å². The maximum atomic E-state index is 12.2. The maximum absolute atomic E-state index is 12.2. The Morgan fingerprint density at radius 1 is 1.32 bits per heavy atom. The number of carboxylic acid groups (broad SMARTS) is 1. The smallest absolute Gasteiger partial charge is 0.326 e. The number of benzene rings is 1. The normalized spacial score (nSPS) is 17.5. The topological polar surface area (TPSA) is 66.8 Å². The number of hydrogen-bond donors (Lipinski definition) is 1. The Bertz CT molecular complexity index is 512. The minimum atomic E-state index is -0.900. The molecule has 0 bridgehead atoms. The molecule has 1 fully saturated rings.